The van der Waals surface area contributed by atoms with Gasteiger partial charge in [0.15, 0.2) is 0 Å². The summed E-state index contributed by atoms with van der Waals surface area (Å²) in [7, 11) is 0. The number of hydrogen-bond donors (Lipinski definition) is 3. The molecule has 2 aliphatic heterocycles. The van der Waals surface area contributed by atoms with Gasteiger partial charge in [0.05, 0.1) is 11.5 Å². The highest BCUT2D eigenvalue weighted by Gasteiger charge is 2.35. The Kier molecular flexibility index (Phi) is 5.08. The maximum Gasteiger partial charge on any atom is 0.258 e. The summed E-state index contributed by atoms with van der Waals surface area (Å²) in [4.78, 5) is 47.3. The molecule has 0 bridgehead atoms. The van der Waals surface area contributed by atoms with Crippen LogP contribution in [0.25, 0.3) is 0 Å². The number of nitrogens with zero attached hydrogens (tertiary/aromatic N) is 2. The fourth-order valence-corrected chi connectivity index (χ4v) is 3.89. The van der Waals surface area contributed by atoms with Crippen LogP contribution in [0.15, 0.2) is 23.0 Å². The van der Waals surface area contributed by atoms with Crippen molar-refractivity contribution in [3.63, 3.8) is 0 Å². The molecule has 1 fully saturated rings. The number of rotatable bonds is 3. The lowest BCUT2D eigenvalue weighted by Crippen LogP contribution is -2.38. The highest BCUT2D eigenvalue weighted by atomic mass is 16.2. The van der Waals surface area contributed by atoms with Crippen LogP contribution in [0, 0.1) is 13.8 Å². The van der Waals surface area contributed by atoms with Gasteiger partial charge in [-0.15, -0.1) is 0 Å². The second kappa shape index (κ2) is 7.69. The summed E-state index contributed by atoms with van der Waals surface area (Å²) in [6.07, 6.45) is 3.14. The number of hydrogen-bond acceptors (Lipinski definition) is 5. The van der Waals surface area contributed by atoms with E-state index in [9.17, 15) is 14.4 Å². The molecule has 1 saturated heterocycles. The Morgan fingerprint density at radius 2 is 1.90 bits per heavy atom. The molecular formula is C21H25N5O3. The van der Waals surface area contributed by atoms with E-state index in [4.69, 9.17) is 0 Å². The molecule has 1 unspecified atom stereocenters. The van der Waals surface area contributed by atoms with Gasteiger partial charge in [0, 0.05) is 25.2 Å². The Morgan fingerprint density at radius 3 is 2.62 bits per heavy atom. The second-order valence-corrected chi connectivity index (χ2v) is 7.79. The molecule has 8 heteroatoms. The first-order valence-corrected chi connectivity index (χ1v) is 9.99. The molecular weight excluding hydrogens is 370 g/mol. The largest absolute Gasteiger partial charge is 0.342 e. The molecule has 1 aromatic heterocycles. The minimum atomic E-state index is -0.882. The van der Waals surface area contributed by atoms with Gasteiger partial charge in [0.25, 0.3) is 5.56 Å². The molecule has 4 rings (SSSR count). The average molecular weight is 395 g/mol. The summed E-state index contributed by atoms with van der Waals surface area (Å²) < 4.78 is 0. The topological polar surface area (TPSA) is 107 Å². The van der Waals surface area contributed by atoms with Crippen LogP contribution < -0.4 is 21.1 Å². The van der Waals surface area contributed by atoms with Crippen LogP contribution >= 0.6 is 0 Å². The van der Waals surface area contributed by atoms with E-state index >= 15 is 0 Å². The number of aromatic amines is 1. The molecule has 2 aliphatic rings. The summed E-state index contributed by atoms with van der Waals surface area (Å²) in [5.41, 5.74) is 2.65. The Labute approximate surface area is 168 Å². The van der Waals surface area contributed by atoms with Gasteiger partial charge in [-0.05, 0) is 56.4 Å². The molecule has 1 aromatic carbocycles. The standard InChI is InChI=1S/C21H25N5O3/c1-12-6-7-14(10-13(12)2)22-19(28)15-11-16(27)23-18-17(15)20(29)25-21(24-18)26-8-4-3-5-9-26/h6-7,10,15H,3-5,8-9,11H2,1-2H3,(H,22,28)(H2,23,24,25,27,29). The number of carbonyl (C=O) groups excluding carboxylic acids is 2. The van der Waals surface area contributed by atoms with Crippen molar-refractivity contribution in [3.8, 4) is 0 Å². The summed E-state index contributed by atoms with van der Waals surface area (Å²) >= 11 is 0. The Hall–Kier alpha value is -3.16. The highest BCUT2D eigenvalue weighted by molar-refractivity contribution is 6.04. The molecule has 152 valence electrons. The lowest BCUT2D eigenvalue weighted by molar-refractivity contribution is -0.123. The Bertz CT molecular complexity index is 1020. The number of aromatic nitrogens is 2. The van der Waals surface area contributed by atoms with Crippen molar-refractivity contribution in [2.75, 3.05) is 28.6 Å². The summed E-state index contributed by atoms with van der Waals surface area (Å²) in [6, 6.07) is 5.61. The predicted molar refractivity (Wildman–Crippen MR) is 111 cm³/mol. The monoisotopic (exact) mass is 395 g/mol. The van der Waals surface area contributed by atoms with Gasteiger partial charge in [-0.1, -0.05) is 6.07 Å². The van der Waals surface area contributed by atoms with Crippen molar-refractivity contribution >= 4 is 29.3 Å². The van der Waals surface area contributed by atoms with Crippen molar-refractivity contribution in [3.05, 3.63) is 45.2 Å². The number of amides is 2. The van der Waals surface area contributed by atoms with Gasteiger partial charge < -0.3 is 15.5 Å². The van der Waals surface area contributed by atoms with E-state index in [-0.39, 0.29) is 35.2 Å². The predicted octanol–water partition coefficient (Wildman–Crippen LogP) is 2.44. The van der Waals surface area contributed by atoms with Gasteiger partial charge in [-0.3, -0.25) is 19.4 Å². The molecule has 3 N–H and O–H groups in total. The van der Waals surface area contributed by atoms with E-state index in [1.807, 2.05) is 36.9 Å². The van der Waals surface area contributed by atoms with Crippen molar-refractivity contribution in [1.82, 2.24) is 9.97 Å². The highest BCUT2D eigenvalue weighted by Crippen LogP contribution is 2.30. The molecule has 29 heavy (non-hydrogen) atoms. The van der Waals surface area contributed by atoms with Crippen LogP contribution in [0.5, 0.6) is 0 Å². The normalized spacial score (nSPS) is 18.8. The number of H-pyrrole nitrogens is 1. The number of benzene rings is 1. The molecule has 0 saturated carbocycles. The van der Waals surface area contributed by atoms with E-state index < -0.39 is 5.92 Å². The van der Waals surface area contributed by atoms with Crippen molar-refractivity contribution in [2.24, 2.45) is 0 Å². The molecule has 0 aliphatic carbocycles. The van der Waals surface area contributed by atoms with Gasteiger partial charge in [0.2, 0.25) is 17.8 Å². The fraction of sp³-hybridized carbons (Fsp3) is 0.429. The van der Waals surface area contributed by atoms with Gasteiger partial charge >= 0.3 is 0 Å². The fourth-order valence-electron chi connectivity index (χ4n) is 3.89. The molecule has 0 spiro atoms. The van der Waals surface area contributed by atoms with E-state index in [1.165, 1.54) is 0 Å². The van der Waals surface area contributed by atoms with Crippen molar-refractivity contribution in [2.45, 2.75) is 45.4 Å². The smallest absolute Gasteiger partial charge is 0.258 e. The number of carbonyl (C=O) groups is 2. The zero-order valence-electron chi connectivity index (χ0n) is 16.7. The minimum absolute atomic E-state index is 0.0858. The molecule has 1 atom stereocenters. The van der Waals surface area contributed by atoms with Gasteiger partial charge in [-0.2, -0.15) is 4.98 Å². The van der Waals surface area contributed by atoms with Crippen LogP contribution in [0.2, 0.25) is 0 Å². The maximum atomic E-state index is 12.9. The lowest BCUT2D eigenvalue weighted by Gasteiger charge is -2.29. The van der Waals surface area contributed by atoms with E-state index in [0.29, 0.717) is 11.6 Å². The summed E-state index contributed by atoms with van der Waals surface area (Å²) in [5.74, 6) is -0.954. The first-order valence-electron chi connectivity index (χ1n) is 9.99. The zero-order chi connectivity index (χ0) is 20.5. The number of piperidine rings is 1. The molecule has 0 radical (unpaired) electrons. The maximum absolute atomic E-state index is 12.9. The third-order valence-corrected chi connectivity index (χ3v) is 5.69. The third-order valence-electron chi connectivity index (χ3n) is 5.69. The minimum Gasteiger partial charge on any atom is -0.342 e. The molecule has 2 aromatic rings. The number of aryl methyl sites for hydroxylation is 2. The molecule has 2 amide bonds. The van der Waals surface area contributed by atoms with E-state index in [1.54, 1.807) is 0 Å². The van der Waals surface area contributed by atoms with Crippen LogP contribution in [0.3, 0.4) is 0 Å². The Morgan fingerprint density at radius 1 is 1.14 bits per heavy atom. The summed E-state index contributed by atoms with van der Waals surface area (Å²) in [6.45, 7) is 5.58. The van der Waals surface area contributed by atoms with Crippen molar-refractivity contribution < 1.29 is 9.59 Å². The van der Waals surface area contributed by atoms with Crippen LogP contribution in [-0.2, 0) is 9.59 Å². The molecule has 3 heterocycles. The van der Waals surface area contributed by atoms with Crippen LogP contribution in [0.1, 0.15) is 48.3 Å². The first kappa shape index (κ1) is 19.2. The second-order valence-electron chi connectivity index (χ2n) is 7.79. The van der Waals surface area contributed by atoms with Gasteiger partial charge in [-0.25, -0.2) is 0 Å². The van der Waals surface area contributed by atoms with E-state index in [2.05, 4.69) is 20.6 Å². The first-order chi connectivity index (χ1) is 13.9. The average Bonchev–Trinajstić information content (AvgIpc) is 2.70. The number of anilines is 3. The number of fused-ring (bicyclic) bond motifs is 1. The van der Waals surface area contributed by atoms with E-state index in [0.717, 1.165) is 43.5 Å². The summed E-state index contributed by atoms with van der Waals surface area (Å²) in [5, 5.41) is 5.51. The Balaban J connectivity index is 1.64. The third kappa shape index (κ3) is 3.87. The number of nitrogens with one attached hydrogen (secondary N) is 3. The quantitative estimate of drug-likeness (QED) is 0.740. The van der Waals surface area contributed by atoms with Crippen molar-refractivity contribution in [1.29, 1.82) is 0 Å². The van der Waals surface area contributed by atoms with Crippen LogP contribution in [0.4, 0.5) is 17.5 Å². The molecule has 8 nitrogen and oxygen atoms in total. The lowest BCUT2D eigenvalue weighted by atomic mass is 9.92. The SMILES string of the molecule is Cc1ccc(NC(=O)C2CC(=O)Nc3nc(N4CCCCC4)[nH]c(=O)c32)cc1C. The van der Waals surface area contributed by atoms with Crippen LogP contribution in [-0.4, -0.2) is 34.9 Å². The zero-order valence-corrected chi connectivity index (χ0v) is 16.7. The van der Waals surface area contributed by atoms with Gasteiger partial charge in [0.1, 0.15) is 5.82 Å².